The fourth-order valence-electron chi connectivity index (χ4n) is 4.50. The number of hydrogen-bond donors (Lipinski definition) is 1. The zero-order valence-corrected chi connectivity index (χ0v) is 18.0. The van der Waals surface area contributed by atoms with Gasteiger partial charge in [0.25, 0.3) is 5.91 Å². The number of benzene rings is 2. The predicted octanol–water partition coefficient (Wildman–Crippen LogP) is 5.24. The van der Waals surface area contributed by atoms with Crippen LogP contribution in [-0.4, -0.2) is 33.9 Å². The van der Waals surface area contributed by atoms with E-state index in [-0.39, 0.29) is 22.9 Å². The van der Waals surface area contributed by atoms with Crippen molar-refractivity contribution < 1.29 is 14.0 Å². The summed E-state index contributed by atoms with van der Waals surface area (Å²) in [6, 6.07) is 13.0. The van der Waals surface area contributed by atoms with Crippen molar-refractivity contribution in [3.63, 3.8) is 0 Å². The molecule has 1 saturated heterocycles. The standard InChI is InChI=1S/C24H27FN2O2S/c1-16-9-5-6-12-18(16)23(29)27-21(15-30-24(27)17-10-3-2-4-11-17)22(28)26-20-14-8-7-13-19(20)25/h5-9,12-14,17,21,24H,2-4,10-11,15H2,1H3,(H,26,28)/t21-,24+/m0/s1. The van der Waals surface area contributed by atoms with E-state index >= 15 is 0 Å². The molecule has 2 aliphatic rings. The number of nitrogens with zero attached hydrogens (tertiary/aromatic N) is 1. The van der Waals surface area contributed by atoms with Crippen LogP contribution in [-0.2, 0) is 4.79 Å². The first kappa shape index (κ1) is 20.9. The number of halogens is 1. The van der Waals surface area contributed by atoms with E-state index in [4.69, 9.17) is 0 Å². The molecule has 0 spiro atoms. The van der Waals surface area contributed by atoms with Gasteiger partial charge in [0.05, 0.1) is 11.1 Å². The van der Waals surface area contributed by atoms with Crippen molar-refractivity contribution in [1.82, 2.24) is 4.90 Å². The molecular formula is C24H27FN2O2S. The molecule has 1 aliphatic carbocycles. The second-order valence-corrected chi connectivity index (χ2v) is 9.28. The Bertz CT molecular complexity index is 929. The lowest BCUT2D eigenvalue weighted by molar-refractivity contribution is -0.120. The van der Waals surface area contributed by atoms with Gasteiger partial charge >= 0.3 is 0 Å². The lowest BCUT2D eigenvalue weighted by Gasteiger charge is -2.35. The van der Waals surface area contributed by atoms with Crippen LogP contribution in [0.3, 0.4) is 0 Å². The predicted molar refractivity (Wildman–Crippen MR) is 119 cm³/mol. The van der Waals surface area contributed by atoms with Crippen molar-refractivity contribution in [2.45, 2.75) is 50.4 Å². The molecular weight excluding hydrogens is 399 g/mol. The van der Waals surface area contributed by atoms with Gasteiger partial charge in [-0.3, -0.25) is 9.59 Å². The van der Waals surface area contributed by atoms with E-state index in [1.165, 1.54) is 25.3 Å². The van der Waals surface area contributed by atoms with Crippen molar-refractivity contribution in [2.75, 3.05) is 11.1 Å². The third-order valence-electron chi connectivity index (χ3n) is 6.13. The Hall–Kier alpha value is -2.34. The van der Waals surface area contributed by atoms with Crippen LogP contribution in [0.15, 0.2) is 48.5 Å². The minimum Gasteiger partial charge on any atom is -0.322 e. The molecule has 158 valence electrons. The van der Waals surface area contributed by atoms with Crippen LogP contribution in [0.4, 0.5) is 10.1 Å². The molecule has 0 radical (unpaired) electrons. The molecule has 1 heterocycles. The first-order valence-electron chi connectivity index (χ1n) is 10.6. The number of amides is 2. The number of carbonyl (C=O) groups excluding carboxylic acids is 2. The maximum atomic E-state index is 14.1. The van der Waals surface area contributed by atoms with Crippen molar-refractivity contribution in [3.8, 4) is 0 Å². The number of rotatable bonds is 4. The van der Waals surface area contributed by atoms with Crippen LogP contribution < -0.4 is 5.32 Å². The molecule has 30 heavy (non-hydrogen) atoms. The van der Waals surface area contributed by atoms with Crippen molar-refractivity contribution in [3.05, 3.63) is 65.5 Å². The molecule has 0 aromatic heterocycles. The van der Waals surface area contributed by atoms with E-state index < -0.39 is 11.9 Å². The van der Waals surface area contributed by atoms with E-state index in [2.05, 4.69) is 5.32 Å². The lowest BCUT2D eigenvalue weighted by Crippen LogP contribution is -2.50. The Kier molecular flexibility index (Phi) is 6.42. The molecule has 4 rings (SSSR count). The Morgan fingerprint density at radius 3 is 2.47 bits per heavy atom. The third kappa shape index (κ3) is 4.24. The van der Waals surface area contributed by atoms with Crippen LogP contribution in [0.2, 0.25) is 0 Å². The topological polar surface area (TPSA) is 49.4 Å². The minimum atomic E-state index is -0.617. The highest BCUT2D eigenvalue weighted by atomic mass is 32.2. The Labute approximate surface area is 181 Å². The highest BCUT2D eigenvalue weighted by molar-refractivity contribution is 8.00. The summed E-state index contributed by atoms with van der Waals surface area (Å²) in [6.45, 7) is 1.92. The van der Waals surface area contributed by atoms with E-state index in [1.54, 1.807) is 34.9 Å². The fraction of sp³-hybridized carbons (Fsp3) is 0.417. The van der Waals surface area contributed by atoms with E-state index in [9.17, 15) is 14.0 Å². The highest BCUT2D eigenvalue weighted by Gasteiger charge is 2.45. The van der Waals surface area contributed by atoms with Gasteiger partial charge in [-0.15, -0.1) is 11.8 Å². The number of carbonyl (C=O) groups is 2. The number of nitrogens with one attached hydrogen (secondary N) is 1. The van der Waals surface area contributed by atoms with Crippen LogP contribution in [0.25, 0.3) is 0 Å². The van der Waals surface area contributed by atoms with E-state index in [0.29, 0.717) is 17.2 Å². The van der Waals surface area contributed by atoms with Crippen LogP contribution in [0.5, 0.6) is 0 Å². The summed E-state index contributed by atoms with van der Waals surface area (Å²) >= 11 is 1.69. The molecule has 2 fully saturated rings. The lowest BCUT2D eigenvalue weighted by atomic mass is 9.88. The molecule has 6 heteroatoms. The second kappa shape index (κ2) is 9.21. The summed E-state index contributed by atoms with van der Waals surface area (Å²) in [4.78, 5) is 28.5. The number of anilines is 1. The van der Waals surface area contributed by atoms with E-state index in [0.717, 1.165) is 18.4 Å². The van der Waals surface area contributed by atoms with Gasteiger partial charge in [-0.2, -0.15) is 0 Å². The zero-order chi connectivity index (χ0) is 21.1. The van der Waals surface area contributed by atoms with Gasteiger partial charge in [0.1, 0.15) is 11.9 Å². The van der Waals surface area contributed by atoms with Gasteiger partial charge in [-0.05, 0) is 49.4 Å². The summed E-state index contributed by atoms with van der Waals surface area (Å²) in [7, 11) is 0. The minimum absolute atomic E-state index is 0.0197. The largest absolute Gasteiger partial charge is 0.322 e. The Morgan fingerprint density at radius 1 is 1.03 bits per heavy atom. The number of aryl methyl sites for hydroxylation is 1. The summed E-state index contributed by atoms with van der Waals surface area (Å²) in [6.07, 6.45) is 5.73. The van der Waals surface area contributed by atoms with Crippen LogP contribution >= 0.6 is 11.8 Å². The van der Waals surface area contributed by atoms with Crippen molar-refractivity contribution in [2.24, 2.45) is 5.92 Å². The normalized spacial score (nSPS) is 22.1. The van der Waals surface area contributed by atoms with E-state index in [1.807, 2.05) is 31.2 Å². The van der Waals surface area contributed by atoms with Gasteiger partial charge in [0.15, 0.2) is 0 Å². The Balaban J connectivity index is 1.63. The second-order valence-electron chi connectivity index (χ2n) is 8.13. The molecule has 4 nitrogen and oxygen atoms in total. The molecule has 2 aromatic carbocycles. The SMILES string of the molecule is Cc1ccccc1C(=O)N1[C@@H](C2CCCCC2)SC[C@H]1C(=O)Nc1ccccc1F. The number of hydrogen-bond acceptors (Lipinski definition) is 3. The average Bonchev–Trinajstić information content (AvgIpc) is 3.21. The first-order chi connectivity index (χ1) is 14.6. The molecule has 0 bridgehead atoms. The fourth-order valence-corrected chi connectivity index (χ4v) is 6.14. The molecule has 0 unspecified atom stereocenters. The summed E-state index contributed by atoms with van der Waals surface area (Å²) in [5, 5.41) is 2.69. The van der Waals surface area contributed by atoms with Gasteiger partial charge in [0.2, 0.25) is 5.91 Å². The van der Waals surface area contributed by atoms with Gasteiger partial charge in [-0.1, -0.05) is 49.6 Å². The maximum absolute atomic E-state index is 14.1. The molecule has 1 aliphatic heterocycles. The molecule has 1 saturated carbocycles. The first-order valence-corrected chi connectivity index (χ1v) is 11.7. The summed E-state index contributed by atoms with van der Waals surface area (Å²) in [5.74, 6) is 0.00861. The molecule has 1 N–H and O–H groups in total. The average molecular weight is 427 g/mol. The molecule has 2 amide bonds. The van der Waals surface area contributed by atoms with Crippen molar-refractivity contribution in [1.29, 1.82) is 0 Å². The van der Waals surface area contributed by atoms with Crippen LogP contribution in [0.1, 0.15) is 48.0 Å². The molecule has 2 atom stereocenters. The monoisotopic (exact) mass is 426 g/mol. The maximum Gasteiger partial charge on any atom is 0.255 e. The third-order valence-corrected chi connectivity index (χ3v) is 7.59. The highest BCUT2D eigenvalue weighted by Crippen LogP contribution is 2.41. The van der Waals surface area contributed by atoms with Gasteiger partial charge < -0.3 is 10.2 Å². The summed E-state index contributed by atoms with van der Waals surface area (Å²) < 4.78 is 14.1. The molecule has 2 aromatic rings. The van der Waals surface area contributed by atoms with Gasteiger partial charge in [-0.25, -0.2) is 4.39 Å². The van der Waals surface area contributed by atoms with Crippen LogP contribution in [0, 0.1) is 18.7 Å². The Morgan fingerprint density at radius 2 is 1.73 bits per heavy atom. The number of thioether (sulfide) groups is 1. The van der Waals surface area contributed by atoms with Crippen molar-refractivity contribution >= 4 is 29.3 Å². The smallest absolute Gasteiger partial charge is 0.255 e. The number of para-hydroxylation sites is 1. The summed E-state index contributed by atoms with van der Waals surface area (Å²) in [5.41, 5.74) is 1.68. The quantitative estimate of drug-likeness (QED) is 0.728. The van der Waals surface area contributed by atoms with Gasteiger partial charge in [0, 0.05) is 11.3 Å². The zero-order valence-electron chi connectivity index (χ0n) is 17.1.